The first kappa shape index (κ1) is 15.5. The van der Waals surface area contributed by atoms with Crippen molar-refractivity contribution in [2.75, 3.05) is 6.54 Å². The number of carbonyl (C=O) groups is 1. The molecule has 2 nitrogen and oxygen atoms in total. The van der Waals surface area contributed by atoms with Gasteiger partial charge < -0.3 is 5.32 Å². The van der Waals surface area contributed by atoms with E-state index in [0.29, 0.717) is 17.1 Å². The minimum atomic E-state index is -0.0648. The highest BCUT2D eigenvalue weighted by Gasteiger charge is 2.17. The van der Waals surface area contributed by atoms with Crippen molar-refractivity contribution in [2.45, 2.75) is 32.0 Å². The lowest BCUT2D eigenvalue weighted by Gasteiger charge is -2.22. The van der Waals surface area contributed by atoms with Crippen LogP contribution in [-0.4, -0.2) is 17.3 Å². The summed E-state index contributed by atoms with van der Waals surface area (Å²) >= 11 is 9.37. The number of benzene rings is 1. The van der Waals surface area contributed by atoms with Crippen LogP contribution in [0.3, 0.4) is 0 Å². The summed E-state index contributed by atoms with van der Waals surface area (Å²) in [5, 5.41) is 3.55. The van der Waals surface area contributed by atoms with Crippen LogP contribution in [0, 0.1) is 5.41 Å². The van der Waals surface area contributed by atoms with Crippen LogP contribution in [0.1, 0.15) is 37.6 Å². The lowest BCUT2D eigenvalue weighted by molar-refractivity contribution is 0.0952. The number of alkyl halides is 1. The number of hydrogen-bond donors (Lipinski definition) is 1. The Morgan fingerprint density at radius 3 is 2.39 bits per heavy atom. The molecule has 1 unspecified atom stereocenters. The molecule has 0 saturated carbocycles. The summed E-state index contributed by atoms with van der Waals surface area (Å²) in [6, 6.07) is 6.89. The third-order valence-corrected chi connectivity index (χ3v) is 3.32. The van der Waals surface area contributed by atoms with Gasteiger partial charge in [0.1, 0.15) is 0 Å². The quantitative estimate of drug-likeness (QED) is 0.820. The average Bonchev–Trinajstić information content (AvgIpc) is 2.24. The van der Waals surface area contributed by atoms with Crippen LogP contribution in [0.5, 0.6) is 0 Å². The number of halogens is 2. The van der Waals surface area contributed by atoms with E-state index < -0.39 is 0 Å². The molecule has 1 aromatic carbocycles. The average molecular weight is 333 g/mol. The zero-order chi connectivity index (χ0) is 13.8. The Bertz CT molecular complexity index is 397. The van der Waals surface area contributed by atoms with Gasteiger partial charge in [0.05, 0.1) is 0 Å². The maximum Gasteiger partial charge on any atom is 0.251 e. The monoisotopic (exact) mass is 331 g/mol. The van der Waals surface area contributed by atoms with Crippen LogP contribution in [0.4, 0.5) is 0 Å². The maximum absolute atomic E-state index is 11.9. The second-order valence-electron chi connectivity index (χ2n) is 5.58. The van der Waals surface area contributed by atoms with Crippen molar-refractivity contribution in [3.63, 3.8) is 0 Å². The second kappa shape index (κ2) is 6.58. The van der Waals surface area contributed by atoms with E-state index in [4.69, 9.17) is 11.6 Å². The van der Waals surface area contributed by atoms with Crippen LogP contribution >= 0.6 is 27.5 Å². The second-order valence-corrected chi connectivity index (χ2v) is 7.31. The van der Waals surface area contributed by atoms with Crippen molar-refractivity contribution in [2.24, 2.45) is 5.41 Å². The molecule has 0 radical (unpaired) electrons. The highest BCUT2D eigenvalue weighted by molar-refractivity contribution is 9.09. The van der Waals surface area contributed by atoms with Gasteiger partial charge in [0.15, 0.2) is 0 Å². The van der Waals surface area contributed by atoms with Crippen LogP contribution < -0.4 is 5.32 Å². The molecular weight excluding hydrogens is 314 g/mol. The van der Waals surface area contributed by atoms with Gasteiger partial charge in [0.2, 0.25) is 0 Å². The fourth-order valence-electron chi connectivity index (χ4n) is 1.64. The Hall–Kier alpha value is -0.540. The van der Waals surface area contributed by atoms with Crippen LogP contribution in [0.2, 0.25) is 5.02 Å². The first-order valence-electron chi connectivity index (χ1n) is 5.96. The Morgan fingerprint density at radius 2 is 1.89 bits per heavy atom. The van der Waals surface area contributed by atoms with Crippen LogP contribution in [0.25, 0.3) is 0 Å². The van der Waals surface area contributed by atoms with E-state index in [1.54, 1.807) is 24.3 Å². The third kappa shape index (κ3) is 5.87. The molecule has 0 aliphatic heterocycles. The van der Waals surface area contributed by atoms with E-state index >= 15 is 0 Å². The lowest BCUT2D eigenvalue weighted by atomic mass is 9.90. The molecule has 0 bridgehead atoms. The summed E-state index contributed by atoms with van der Waals surface area (Å²) in [6.45, 7) is 7.17. The molecule has 0 aliphatic rings. The van der Waals surface area contributed by atoms with Gasteiger partial charge in [0.25, 0.3) is 5.91 Å². The Labute approximate surface area is 122 Å². The number of amides is 1. The Balaban J connectivity index is 2.44. The van der Waals surface area contributed by atoms with E-state index in [0.717, 1.165) is 6.42 Å². The maximum atomic E-state index is 11.9. The van der Waals surface area contributed by atoms with Crippen molar-refractivity contribution in [3.05, 3.63) is 34.9 Å². The highest BCUT2D eigenvalue weighted by atomic mass is 79.9. The van der Waals surface area contributed by atoms with E-state index in [1.807, 2.05) is 0 Å². The van der Waals surface area contributed by atoms with Gasteiger partial charge in [-0.15, -0.1) is 0 Å². The standard InChI is InChI=1S/C14H19BrClNO/c1-14(2,3)8-11(15)9-17-13(18)10-4-6-12(16)7-5-10/h4-7,11H,8-9H2,1-3H3,(H,17,18). The molecule has 0 aliphatic carbocycles. The molecule has 0 aromatic heterocycles. The van der Waals surface area contributed by atoms with Gasteiger partial charge in [-0.05, 0) is 36.1 Å². The number of carbonyl (C=O) groups excluding carboxylic acids is 1. The molecular formula is C14H19BrClNO. The normalized spacial score (nSPS) is 13.2. The van der Waals surface area contributed by atoms with E-state index in [9.17, 15) is 4.79 Å². The van der Waals surface area contributed by atoms with Gasteiger partial charge >= 0.3 is 0 Å². The molecule has 100 valence electrons. The first-order valence-corrected chi connectivity index (χ1v) is 7.25. The SMILES string of the molecule is CC(C)(C)CC(Br)CNC(=O)c1ccc(Cl)cc1. The number of hydrogen-bond acceptors (Lipinski definition) is 1. The van der Waals surface area contributed by atoms with Gasteiger partial charge in [-0.2, -0.15) is 0 Å². The fourth-order valence-corrected chi connectivity index (χ4v) is 2.90. The lowest BCUT2D eigenvalue weighted by Crippen LogP contribution is -2.31. The molecule has 0 fully saturated rings. The van der Waals surface area contributed by atoms with E-state index in [-0.39, 0.29) is 16.1 Å². The molecule has 1 amide bonds. The predicted molar refractivity (Wildman–Crippen MR) is 80.6 cm³/mol. The molecule has 1 atom stereocenters. The zero-order valence-electron chi connectivity index (χ0n) is 11.0. The van der Waals surface area contributed by atoms with Crippen molar-refractivity contribution in [1.29, 1.82) is 0 Å². The zero-order valence-corrected chi connectivity index (χ0v) is 13.3. The first-order chi connectivity index (χ1) is 8.28. The summed E-state index contributed by atoms with van der Waals surface area (Å²) in [7, 11) is 0. The van der Waals surface area contributed by atoms with E-state index in [2.05, 4.69) is 42.0 Å². The molecule has 18 heavy (non-hydrogen) atoms. The molecule has 1 rings (SSSR count). The summed E-state index contributed by atoms with van der Waals surface area (Å²) in [5.74, 6) is -0.0648. The van der Waals surface area contributed by atoms with Gasteiger partial charge in [-0.3, -0.25) is 4.79 Å². The molecule has 0 spiro atoms. The molecule has 0 saturated heterocycles. The van der Waals surface area contributed by atoms with Gasteiger partial charge in [-0.1, -0.05) is 48.3 Å². The van der Waals surface area contributed by atoms with Crippen LogP contribution in [-0.2, 0) is 0 Å². The van der Waals surface area contributed by atoms with Crippen LogP contribution in [0.15, 0.2) is 24.3 Å². The molecule has 1 aromatic rings. The fraction of sp³-hybridized carbons (Fsp3) is 0.500. The smallest absolute Gasteiger partial charge is 0.251 e. The van der Waals surface area contributed by atoms with Gasteiger partial charge in [0, 0.05) is 22.0 Å². The molecule has 0 heterocycles. The Kier molecular flexibility index (Phi) is 5.67. The third-order valence-electron chi connectivity index (χ3n) is 2.42. The minimum absolute atomic E-state index is 0.0648. The van der Waals surface area contributed by atoms with Crippen molar-refractivity contribution >= 4 is 33.4 Å². The summed E-state index contributed by atoms with van der Waals surface area (Å²) < 4.78 is 0. The van der Waals surface area contributed by atoms with E-state index in [1.165, 1.54) is 0 Å². The van der Waals surface area contributed by atoms with Crippen molar-refractivity contribution in [1.82, 2.24) is 5.32 Å². The summed E-state index contributed by atoms with van der Waals surface area (Å²) in [5.41, 5.74) is 0.883. The summed E-state index contributed by atoms with van der Waals surface area (Å²) in [4.78, 5) is 12.1. The molecule has 1 N–H and O–H groups in total. The number of rotatable bonds is 4. The molecule has 4 heteroatoms. The minimum Gasteiger partial charge on any atom is -0.351 e. The summed E-state index contributed by atoms with van der Waals surface area (Å²) in [6.07, 6.45) is 1.01. The predicted octanol–water partition coefficient (Wildman–Crippen LogP) is 4.27. The largest absolute Gasteiger partial charge is 0.351 e. The topological polar surface area (TPSA) is 29.1 Å². The van der Waals surface area contributed by atoms with Crippen molar-refractivity contribution < 1.29 is 4.79 Å². The Morgan fingerprint density at radius 1 is 1.33 bits per heavy atom. The number of nitrogens with one attached hydrogen (secondary N) is 1. The van der Waals surface area contributed by atoms with Crippen molar-refractivity contribution in [3.8, 4) is 0 Å². The highest BCUT2D eigenvalue weighted by Crippen LogP contribution is 2.24. The van der Waals surface area contributed by atoms with Gasteiger partial charge in [-0.25, -0.2) is 0 Å².